The molecule has 72 valence electrons. The Morgan fingerprint density at radius 1 is 1.62 bits per heavy atom. The van der Waals surface area contributed by atoms with Gasteiger partial charge in [0.15, 0.2) is 0 Å². The highest BCUT2D eigenvalue weighted by atomic mass is 16.4. The lowest BCUT2D eigenvalue weighted by atomic mass is 9.93. The molecular weight excluding hydrogens is 170 g/mol. The summed E-state index contributed by atoms with van der Waals surface area (Å²) in [4.78, 5) is 14.4. The molecule has 0 radical (unpaired) electrons. The smallest absolute Gasteiger partial charge is 0.312 e. The van der Waals surface area contributed by atoms with Gasteiger partial charge in [0.05, 0.1) is 5.69 Å². The van der Waals surface area contributed by atoms with Crippen molar-refractivity contribution < 1.29 is 14.3 Å². The monoisotopic (exact) mass is 183 g/mol. The van der Waals surface area contributed by atoms with Crippen LogP contribution in [0.5, 0.6) is 0 Å². The van der Waals surface area contributed by atoms with Gasteiger partial charge in [-0.05, 0) is 0 Å². The fraction of sp³-hybridized carbons (Fsp3) is 0.556. The van der Waals surface area contributed by atoms with Gasteiger partial charge in [-0.1, -0.05) is 20.8 Å². The van der Waals surface area contributed by atoms with Crippen molar-refractivity contribution in [3.05, 3.63) is 17.8 Å². The molecular formula is C9H13NO3. The lowest BCUT2D eigenvalue weighted by Crippen LogP contribution is -2.12. The van der Waals surface area contributed by atoms with E-state index in [-0.39, 0.29) is 17.7 Å². The topological polar surface area (TPSA) is 63.3 Å². The Balaban J connectivity index is 2.81. The molecule has 0 saturated heterocycles. The highest BCUT2D eigenvalue weighted by Crippen LogP contribution is 2.20. The van der Waals surface area contributed by atoms with Gasteiger partial charge in [-0.3, -0.25) is 4.79 Å². The van der Waals surface area contributed by atoms with E-state index in [9.17, 15) is 4.79 Å². The zero-order valence-electron chi connectivity index (χ0n) is 8.00. The van der Waals surface area contributed by atoms with Crippen LogP contribution in [0.4, 0.5) is 0 Å². The molecule has 0 atom stereocenters. The molecule has 13 heavy (non-hydrogen) atoms. The normalized spacial score (nSPS) is 11.6. The Morgan fingerprint density at radius 3 is 2.62 bits per heavy atom. The largest absolute Gasteiger partial charge is 0.481 e. The molecule has 4 nitrogen and oxygen atoms in total. The number of aromatic nitrogens is 1. The van der Waals surface area contributed by atoms with E-state index in [1.165, 1.54) is 6.26 Å². The molecule has 1 aromatic heterocycles. The summed E-state index contributed by atoms with van der Waals surface area (Å²) >= 11 is 0. The van der Waals surface area contributed by atoms with E-state index in [2.05, 4.69) is 4.98 Å². The zero-order valence-corrected chi connectivity index (χ0v) is 8.00. The van der Waals surface area contributed by atoms with Gasteiger partial charge in [0.25, 0.3) is 0 Å². The molecule has 1 aromatic rings. The molecule has 0 aliphatic heterocycles. The number of aliphatic carboxylic acids is 1. The summed E-state index contributed by atoms with van der Waals surface area (Å²) in [5, 5.41) is 8.48. The molecule has 0 amide bonds. The van der Waals surface area contributed by atoms with Crippen LogP contribution in [0.15, 0.2) is 10.7 Å². The molecule has 1 N–H and O–H groups in total. The molecule has 0 fully saturated rings. The summed E-state index contributed by atoms with van der Waals surface area (Å²) < 4.78 is 5.01. The summed E-state index contributed by atoms with van der Waals surface area (Å²) in [6.07, 6.45) is 1.36. The Bertz CT molecular complexity index is 309. The lowest BCUT2D eigenvalue weighted by molar-refractivity contribution is -0.136. The highest BCUT2D eigenvalue weighted by Gasteiger charge is 2.19. The third-order valence-electron chi connectivity index (χ3n) is 1.62. The van der Waals surface area contributed by atoms with Crippen molar-refractivity contribution in [2.75, 3.05) is 0 Å². The average molecular weight is 183 g/mol. The van der Waals surface area contributed by atoms with E-state index in [1.54, 1.807) is 0 Å². The van der Waals surface area contributed by atoms with Crippen LogP contribution in [0.1, 0.15) is 32.4 Å². The van der Waals surface area contributed by atoms with Crippen molar-refractivity contribution in [1.29, 1.82) is 0 Å². The van der Waals surface area contributed by atoms with Crippen LogP contribution < -0.4 is 0 Å². The van der Waals surface area contributed by atoms with E-state index in [1.807, 2.05) is 20.8 Å². The SMILES string of the molecule is CC(C)(C)c1coc(CC(=O)O)n1. The van der Waals surface area contributed by atoms with Crippen molar-refractivity contribution in [3.8, 4) is 0 Å². The number of carboxylic acids is 1. The van der Waals surface area contributed by atoms with Gasteiger partial charge < -0.3 is 9.52 Å². The Kier molecular flexibility index (Phi) is 2.40. The van der Waals surface area contributed by atoms with Gasteiger partial charge in [0.2, 0.25) is 5.89 Å². The second kappa shape index (κ2) is 3.20. The van der Waals surface area contributed by atoms with Gasteiger partial charge in [-0.2, -0.15) is 0 Å². The Labute approximate surface area is 76.6 Å². The summed E-state index contributed by atoms with van der Waals surface area (Å²) in [5.41, 5.74) is 0.684. The van der Waals surface area contributed by atoms with E-state index >= 15 is 0 Å². The molecule has 1 heterocycles. The second-order valence-electron chi connectivity index (χ2n) is 3.95. The molecule has 0 bridgehead atoms. The van der Waals surface area contributed by atoms with E-state index < -0.39 is 5.97 Å². The Hall–Kier alpha value is -1.32. The minimum absolute atomic E-state index is 0.0970. The van der Waals surface area contributed by atoms with Crippen molar-refractivity contribution in [1.82, 2.24) is 4.98 Å². The van der Waals surface area contributed by atoms with Crippen molar-refractivity contribution >= 4 is 5.97 Å². The minimum Gasteiger partial charge on any atom is -0.481 e. The maximum Gasteiger partial charge on any atom is 0.312 e. The standard InChI is InChI=1S/C9H13NO3/c1-9(2,3)6-5-13-7(10-6)4-8(11)12/h5H,4H2,1-3H3,(H,11,12). The average Bonchev–Trinajstić information content (AvgIpc) is 2.32. The van der Waals surface area contributed by atoms with Gasteiger partial charge in [-0.25, -0.2) is 4.98 Å². The first-order valence-corrected chi connectivity index (χ1v) is 4.06. The van der Waals surface area contributed by atoms with Crippen LogP contribution in [0, 0.1) is 0 Å². The fourth-order valence-corrected chi connectivity index (χ4v) is 0.866. The molecule has 4 heteroatoms. The fourth-order valence-electron chi connectivity index (χ4n) is 0.866. The molecule has 1 rings (SSSR count). The maximum absolute atomic E-state index is 10.3. The van der Waals surface area contributed by atoms with Crippen LogP contribution in [-0.2, 0) is 16.6 Å². The first-order chi connectivity index (χ1) is 5.89. The van der Waals surface area contributed by atoms with Crippen molar-refractivity contribution in [3.63, 3.8) is 0 Å². The zero-order chi connectivity index (χ0) is 10.1. The molecule has 0 spiro atoms. The summed E-state index contributed by atoms with van der Waals surface area (Å²) in [6, 6.07) is 0. The third kappa shape index (κ3) is 2.57. The predicted molar refractivity (Wildman–Crippen MR) is 46.5 cm³/mol. The third-order valence-corrected chi connectivity index (χ3v) is 1.62. The summed E-state index contributed by atoms with van der Waals surface area (Å²) in [7, 11) is 0. The number of rotatable bonds is 2. The summed E-state index contributed by atoms with van der Waals surface area (Å²) in [5.74, 6) is -0.667. The Morgan fingerprint density at radius 2 is 2.23 bits per heavy atom. The minimum atomic E-state index is -0.928. The second-order valence-corrected chi connectivity index (χ2v) is 3.95. The molecule has 0 saturated carbocycles. The maximum atomic E-state index is 10.3. The van der Waals surface area contributed by atoms with E-state index in [0.29, 0.717) is 0 Å². The number of oxazole rings is 1. The van der Waals surface area contributed by atoms with Gasteiger partial charge >= 0.3 is 5.97 Å². The first kappa shape index (κ1) is 9.77. The van der Waals surface area contributed by atoms with Crippen LogP contribution in [-0.4, -0.2) is 16.1 Å². The molecule has 0 aliphatic rings. The summed E-state index contributed by atoms with van der Waals surface area (Å²) in [6.45, 7) is 5.99. The van der Waals surface area contributed by atoms with Gasteiger partial charge in [0, 0.05) is 5.41 Å². The first-order valence-electron chi connectivity index (χ1n) is 4.06. The van der Waals surface area contributed by atoms with Crippen molar-refractivity contribution in [2.45, 2.75) is 32.6 Å². The van der Waals surface area contributed by atoms with Gasteiger partial charge in [-0.15, -0.1) is 0 Å². The number of hydrogen-bond acceptors (Lipinski definition) is 3. The number of carbonyl (C=O) groups is 1. The van der Waals surface area contributed by atoms with Crippen LogP contribution in [0.2, 0.25) is 0 Å². The van der Waals surface area contributed by atoms with Crippen molar-refractivity contribution in [2.24, 2.45) is 0 Å². The molecule has 0 unspecified atom stereocenters. The van der Waals surface area contributed by atoms with E-state index in [0.717, 1.165) is 5.69 Å². The van der Waals surface area contributed by atoms with Crippen LogP contribution >= 0.6 is 0 Å². The quantitative estimate of drug-likeness (QED) is 0.756. The highest BCUT2D eigenvalue weighted by molar-refractivity contribution is 5.68. The molecule has 0 aromatic carbocycles. The van der Waals surface area contributed by atoms with E-state index in [4.69, 9.17) is 9.52 Å². The van der Waals surface area contributed by atoms with Crippen LogP contribution in [0.3, 0.4) is 0 Å². The predicted octanol–water partition coefficient (Wildman–Crippen LogP) is 1.60. The van der Waals surface area contributed by atoms with Gasteiger partial charge in [0.1, 0.15) is 12.7 Å². The number of hydrogen-bond donors (Lipinski definition) is 1. The lowest BCUT2D eigenvalue weighted by Gasteiger charge is -2.12. The number of carboxylic acid groups (broad SMARTS) is 1. The number of nitrogens with zero attached hydrogens (tertiary/aromatic N) is 1. The molecule has 0 aliphatic carbocycles. The van der Waals surface area contributed by atoms with Crippen LogP contribution in [0.25, 0.3) is 0 Å².